The molecule has 0 aliphatic heterocycles. The van der Waals surface area contributed by atoms with Crippen LogP contribution in [-0.4, -0.2) is 62.6 Å². The Morgan fingerprint density at radius 3 is 0.878 bits per heavy atom. The molecule has 0 fully saturated rings. The van der Waals surface area contributed by atoms with Crippen molar-refractivity contribution in [1.29, 1.82) is 0 Å². The second kappa shape index (κ2) is 33.0. The number of hydrogen-bond donors (Lipinski definition) is 3. The van der Waals surface area contributed by atoms with Crippen molar-refractivity contribution in [3.63, 3.8) is 0 Å². The third-order valence-electron chi connectivity index (χ3n) is 15.5. The zero-order valence-corrected chi connectivity index (χ0v) is 65.1. The molecule has 14 nitrogen and oxygen atoms in total. The Balaban J connectivity index is -0.000000531. The minimum atomic E-state index is -0.888. The number of rotatable bonds is 3. The average Bonchev–Trinajstić information content (AvgIpc) is 3.29. The van der Waals surface area contributed by atoms with Crippen LogP contribution < -0.4 is 15.2 Å². The molecule has 0 saturated heterocycles. The van der Waals surface area contributed by atoms with Crippen LogP contribution in [0.3, 0.4) is 0 Å². The van der Waals surface area contributed by atoms with Crippen LogP contribution in [0.4, 0.5) is 25.8 Å². The first-order chi connectivity index (χ1) is 38.6. The van der Waals surface area contributed by atoms with Crippen molar-refractivity contribution in [2.45, 2.75) is 279 Å². The fraction of sp³-hybridized carbons (Fsp3) is 0.616. The molecular weight excluding hydrogens is 1250 g/mol. The van der Waals surface area contributed by atoms with Crippen molar-refractivity contribution >= 4 is 49.1 Å². The van der Waals surface area contributed by atoms with Crippen molar-refractivity contribution in [3.8, 4) is 23.0 Å². The number of phenolic OH excluding ortho intramolecular Hbond substituents is 2. The van der Waals surface area contributed by atoms with Gasteiger partial charge < -0.3 is 47.1 Å². The molecular formula is C73H118BClN2O12Pd-. The molecule has 0 bridgehead atoms. The van der Waals surface area contributed by atoms with Gasteiger partial charge in [0.25, 0.3) is 5.69 Å². The van der Waals surface area contributed by atoms with Crippen LogP contribution >= 0.6 is 11.6 Å². The van der Waals surface area contributed by atoms with Gasteiger partial charge in [-0.25, -0.2) is 14.4 Å². The molecule has 0 spiro atoms. The Kier molecular flexibility index (Phi) is 33.4. The Morgan fingerprint density at radius 2 is 0.622 bits per heavy atom. The summed E-state index contributed by atoms with van der Waals surface area (Å²) in [6, 6.07) is 0. The minimum Gasteiger partial charge on any atom is -0.507 e. The molecule has 0 aliphatic carbocycles. The predicted molar refractivity (Wildman–Crippen MR) is 374 cm³/mol. The Labute approximate surface area is 566 Å². The molecule has 513 valence electrons. The van der Waals surface area contributed by atoms with Gasteiger partial charge >= 0.3 is 17.7 Å². The van der Waals surface area contributed by atoms with E-state index in [9.17, 15) is 34.7 Å². The topological polar surface area (TPSA) is 207 Å². The van der Waals surface area contributed by atoms with Crippen LogP contribution in [0.2, 0.25) is 0 Å². The van der Waals surface area contributed by atoms with Crippen LogP contribution in [0.15, 0.2) is 0 Å². The van der Waals surface area contributed by atoms with Crippen molar-refractivity contribution in [2.75, 3.05) is 27.1 Å². The maximum Gasteiger partial charge on any atom is 0.513 e. The summed E-state index contributed by atoms with van der Waals surface area (Å²) in [5.41, 5.74) is 23.6. The van der Waals surface area contributed by atoms with E-state index in [2.05, 4.69) is 180 Å². The van der Waals surface area contributed by atoms with E-state index >= 15 is 0 Å². The summed E-state index contributed by atoms with van der Waals surface area (Å²) in [5.74, 6) is 1.69. The van der Waals surface area contributed by atoms with Crippen LogP contribution in [0.5, 0.6) is 23.0 Å². The molecule has 0 heterocycles. The first kappa shape index (κ1) is 91.1. The molecule has 0 unspecified atom stereocenters. The number of nitro benzene ring substituents is 1. The molecule has 0 aliphatic rings. The van der Waals surface area contributed by atoms with E-state index in [4.69, 9.17) is 19.9 Å². The Hall–Kier alpha value is -5.29. The number of nitrogen functional groups attached to an aromatic ring is 1. The molecule has 0 atom stereocenters. The quantitative estimate of drug-likeness (QED) is 0.0201. The standard InChI is InChI=1S/C19H30O3.C18H27NO5.C17H28O.C16H27NO.C2H3ClO2.CH3.B.Pd/c1-11-12(2)16(22-17(20)21-10)15(19(7,8)9)13(3)14(11)18(4,5)6;1-10-12(17(3,4)5)14(19(21)22)11(2)15(24-16(20)23-9)13(10)18(6,7)8;1-10-11(2)15(18)14(17(7,8)9)12(3)13(10)16(4,5)6;1-9-11(15(3,4)5)13(17)10(2)14(18)12(9)16(6,7)8;1-5-2(3)4;;;/h1-10H3;1-9H3;18H,1-9H3;18H,17H2,1-8H3;1H3;1H3;;/q;;;;;-1;;. The summed E-state index contributed by atoms with van der Waals surface area (Å²) in [5, 5.41) is 32.6. The maximum atomic E-state index is 11.7. The van der Waals surface area contributed by atoms with Gasteiger partial charge in [0.2, 0.25) is 0 Å². The number of nitrogens with two attached hydrogens (primary N) is 1. The number of phenols is 2. The SMILES string of the molecule is COC(=O)Cl.COC(=O)Oc1c(C)c(C)c(C(C)(C)C)c(C)c1C(C)(C)C.COC(=O)Oc1c(C)c([N+](=O)[O-])c(C(C)(C)C)c(C)c1C(C)(C)C.Cc1c(C)c(C(C)(C)C)c(C)c(C(C)(C)C)c1O.Cc1c(N)c(C(C)(C)C)c(C)c(C(C)(C)C)c1O.[B].[CH3-].[Pd]. The summed E-state index contributed by atoms with van der Waals surface area (Å²) >= 11 is 4.60. The third kappa shape index (κ3) is 22.5. The van der Waals surface area contributed by atoms with Gasteiger partial charge in [0.15, 0.2) is 0 Å². The first-order valence-electron chi connectivity index (χ1n) is 29.8. The first-order valence-corrected chi connectivity index (χ1v) is 30.2. The zero-order chi connectivity index (χ0) is 69.7. The average molecular weight is 1370 g/mol. The smallest absolute Gasteiger partial charge is 0.507 e. The van der Waals surface area contributed by atoms with Crippen LogP contribution in [0.25, 0.3) is 0 Å². The molecule has 4 aromatic carbocycles. The van der Waals surface area contributed by atoms with E-state index in [1.54, 1.807) is 6.92 Å². The van der Waals surface area contributed by atoms with Gasteiger partial charge in [-0.15, -0.1) is 0 Å². The monoisotopic (exact) mass is 1370 g/mol. The van der Waals surface area contributed by atoms with Gasteiger partial charge in [-0.1, -0.05) is 166 Å². The molecule has 3 radical (unpaired) electrons. The summed E-state index contributed by atoms with van der Waals surface area (Å²) in [7, 11) is 3.76. The molecule has 90 heavy (non-hydrogen) atoms. The van der Waals surface area contributed by atoms with Gasteiger partial charge in [0.05, 0.1) is 31.8 Å². The van der Waals surface area contributed by atoms with Gasteiger partial charge in [-0.05, 0) is 174 Å². The van der Waals surface area contributed by atoms with Crippen molar-refractivity contribution in [2.24, 2.45) is 0 Å². The van der Waals surface area contributed by atoms with Crippen LogP contribution in [-0.2, 0) is 78.0 Å². The largest absolute Gasteiger partial charge is 0.513 e. The van der Waals surface area contributed by atoms with Gasteiger partial charge in [-0.3, -0.25) is 10.1 Å². The third-order valence-corrected chi connectivity index (χ3v) is 15.7. The minimum absolute atomic E-state index is 0. The maximum absolute atomic E-state index is 11.7. The van der Waals surface area contributed by atoms with E-state index in [1.807, 2.05) is 69.2 Å². The van der Waals surface area contributed by atoms with Crippen LogP contribution in [0.1, 0.15) is 266 Å². The van der Waals surface area contributed by atoms with Gasteiger partial charge in [-0.2, -0.15) is 0 Å². The second-order valence-electron chi connectivity index (χ2n) is 31.2. The number of methoxy groups -OCH3 is 3. The Bertz CT molecular complexity index is 3010. The van der Waals surface area contributed by atoms with E-state index in [1.165, 1.54) is 54.7 Å². The fourth-order valence-electron chi connectivity index (χ4n) is 12.7. The molecule has 17 heteroatoms. The number of ether oxygens (including phenoxy) is 5. The molecule has 0 amide bonds. The Morgan fingerprint density at radius 1 is 0.389 bits per heavy atom. The number of anilines is 1. The summed E-state index contributed by atoms with van der Waals surface area (Å²) < 4.78 is 24.0. The summed E-state index contributed by atoms with van der Waals surface area (Å²) in [6.45, 7) is 70.8. The predicted octanol–water partition coefficient (Wildman–Crippen LogP) is 20.5. The number of benzene rings is 4. The molecule has 0 saturated carbocycles. The van der Waals surface area contributed by atoms with Crippen molar-refractivity contribution in [1.82, 2.24) is 0 Å². The fourth-order valence-corrected chi connectivity index (χ4v) is 12.7. The van der Waals surface area contributed by atoms with Crippen molar-refractivity contribution < 1.29 is 73.6 Å². The number of carbonyl (C=O) groups is 3. The van der Waals surface area contributed by atoms with Crippen LogP contribution in [0, 0.1) is 86.8 Å². The van der Waals surface area contributed by atoms with E-state index in [0.29, 0.717) is 28.4 Å². The normalized spacial score (nSPS) is 11.8. The molecule has 4 rings (SSSR count). The number of carbonyl (C=O) groups excluding carboxylic acids is 3. The second-order valence-corrected chi connectivity index (χ2v) is 31.5. The number of aromatic hydroxyl groups is 2. The number of halogens is 1. The molecule has 4 N–H and O–H groups in total. The molecule has 4 aromatic rings. The summed E-state index contributed by atoms with van der Waals surface area (Å²) in [4.78, 5) is 44.0. The van der Waals surface area contributed by atoms with Gasteiger partial charge in [0.1, 0.15) is 23.0 Å². The molecule has 0 aromatic heterocycles. The van der Waals surface area contributed by atoms with E-state index < -0.39 is 28.1 Å². The summed E-state index contributed by atoms with van der Waals surface area (Å²) in [6.07, 6.45) is -1.56. The van der Waals surface area contributed by atoms with Gasteiger partial charge in [0, 0.05) is 79.5 Å². The number of nitrogens with zero attached hydrogens (tertiary/aromatic N) is 1. The van der Waals surface area contributed by atoms with Crippen molar-refractivity contribution in [3.05, 3.63) is 118 Å². The number of nitro groups is 1. The zero-order valence-electron chi connectivity index (χ0n) is 62.8. The number of hydrogen-bond acceptors (Lipinski definition) is 13. The van der Waals surface area contributed by atoms with E-state index in [0.717, 1.165) is 61.3 Å². The van der Waals surface area contributed by atoms with E-state index in [-0.39, 0.29) is 85.6 Å².